The fourth-order valence-electron chi connectivity index (χ4n) is 3.85. The van der Waals surface area contributed by atoms with E-state index < -0.39 is 24.0 Å². The number of aromatic nitrogens is 2. The van der Waals surface area contributed by atoms with Gasteiger partial charge in [-0.2, -0.15) is 18.2 Å². The zero-order valence-electron chi connectivity index (χ0n) is 18.5. The van der Waals surface area contributed by atoms with Crippen LogP contribution in [0.1, 0.15) is 69.4 Å². The highest BCUT2D eigenvalue weighted by Crippen LogP contribution is 2.39. The van der Waals surface area contributed by atoms with Crippen molar-refractivity contribution in [2.75, 3.05) is 13.2 Å². The van der Waals surface area contributed by atoms with Gasteiger partial charge in [0.05, 0.1) is 18.7 Å². The Labute approximate surface area is 189 Å². The molecule has 0 aliphatic carbocycles. The highest BCUT2D eigenvalue weighted by molar-refractivity contribution is 5.75. The van der Waals surface area contributed by atoms with E-state index in [0.29, 0.717) is 6.42 Å². The molecule has 2 atom stereocenters. The lowest BCUT2D eigenvalue weighted by Crippen LogP contribution is -2.36. The van der Waals surface area contributed by atoms with Crippen molar-refractivity contribution in [1.29, 1.82) is 5.41 Å². The largest absolute Gasteiger partial charge is 0.493 e. The first-order valence-corrected chi connectivity index (χ1v) is 11.1. The second kappa shape index (κ2) is 10.8. The molecule has 0 spiro atoms. The standard InChI is InChI=1S/C22H29F4N5O2/c1-2-3-4-5-6-7-10-32-18-9-8-14(11-16(18)22(24,25)26)19-29-20(33-30-19)17-12-15(23)13-31(17)21(27)28/h8-9,11,15,17H,2-7,10,12-13H2,1H3,(H3,27,28)/t15-,17+/m1/s1. The summed E-state index contributed by atoms with van der Waals surface area (Å²) in [6.45, 7) is 2.24. The van der Waals surface area contributed by atoms with E-state index in [-0.39, 0.29) is 48.6 Å². The zero-order chi connectivity index (χ0) is 24.0. The maximum Gasteiger partial charge on any atom is 0.419 e. The summed E-state index contributed by atoms with van der Waals surface area (Å²) in [5.41, 5.74) is 4.65. The molecule has 0 unspecified atom stereocenters. The maximum absolute atomic E-state index is 13.8. The summed E-state index contributed by atoms with van der Waals surface area (Å²) < 4.78 is 65.4. The first-order valence-electron chi connectivity index (χ1n) is 11.1. The molecule has 182 valence electrons. The van der Waals surface area contributed by atoms with E-state index in [2.05, 4.69) is 17.1 Å². The number of rotatable bonds is 10. The summed E-state index contributed by atoms with van der Waals surface area (Å²) in [5, 5.41) is 11.3. The highest BCUT2D eigenvalue weighted by atomic mass is 19.4. The van der Waals surface area contributed by atoms with Gasteiger partial charge in [0.2, 0.25) is 11.7 Å². The van der Waals surface area contributed by atoms with Gasteiger partial charge in [0, 0.05) is 12.0 Å². The number of hydrogen-bond acceptors (Lipinski definition) is 5. The van der Waals surface area contributed by atoms with Crippen LogP contribution in [0.3, 0.4) is 0 Å². The molecule has 2 aromatic rings. The van der Waals surface area contributed by atoms with Crippen LogP contribution in [-0.4, -0.2) is 40.3 Å². The predicted molar refractivity (Wildman–Crippen MR) is 114 cm³/mol. The van der Waals surface area contributed by atoms with Crippen LogP contribution in [0.5, 0.6) is 5.75 Å². The summed E-state index contributed by atoms with van der Waals surface area (Å²) in [5.74, 6) is -0.658. The van der Waals surface area contributed by atoms with Crippen LogP contribution in [-0.2, 0) is 6.18 Å². The Kier molecular flexibility index (Phi) is 8.15. The summed E-state index contributed by atoms with van der Waals surface area (Å²) in [4.78, 5) is 5.43. The van der Waals surface area contributed by atoms with E-state index >= 15 is 0 Å². The van der Waals surface area contributed by atoms with E-state index in [1.165, 1.54) is 17.0 Å². The number of ether oxygens (including phenoxy) is 1. The number of alkyl halides is 4. The first-order chi connectivity index (χ1) is 15.7. The number of nitrogens with two attached hydrogens (primary N) is 1. The Morgan fingerprint density at radius 1 is 1.24 bits per heavy atom. The molecule has 1 fully saturated rings. The van der Waals surface area contributed by atoms with Crippen molar-refractivity contribution in [3.8, 4) is 17.1 Å². The van der Waals surface area contributed by atoms with Crippen LogP contribution < -0.4 is 10.5 Å². The van der Waals surface area contributed by atoms with Gasteiger partial charge in [0.1, 0.15) is 18.0 Å². The quantitative estimate of drug-likeness (QED) is 0.206. The third kappa shape index (κ3) is 6.35. The van der Waals surface area contributed by atoms with Crippen LogP contribution in [0.15, 0.2) is 22.7 Å². The summed E-state index contributed by atoms with van der Waals surface area (Å²) >= 11 is 0. The SMILES string of the molecule is CCCCCCCCOc1ccc(-c2noc([C@@H]3C[C@@H](F)CN3C(=N)N)n2)cc1C(F)(F)F. The third-order valence-electron chi connectivity index (χ3n) is 5.58. The Hall–Kier alpha value is -2.85. The molecule has 33 heavy (non-hydrogen) atoms. The van der Waals surface area contributed by atoms with Crippen LogP contribution in [0, 0.1) is 5.41 Å². The van der Waals surface area contributed by atoms with Gasteiger partial charge < -0.3 is 19.9 Å². The second-order valence-corrected chi connectivity index (χ2v) is 8.17. The van der Waals surface area contributed by atoms with E-state index in [4.69, 9.17) is 20.4 Å². The van der Waals surface area contributed by atoms with E-state index in [0.717, 1.165) is 38.2 Å². The molecule has 1 aliphatic rings. The van der Waals surface area contributed by atoms with Gasteiger partial charge in [0.15, 0.2) is 5.96 Å². The average molecular weight is 471 g/mol. The van der Waals surface area contributed by atoms with Gasteiger partial charge in [-0.1, -0.05) is 44.2 Å². The smallest absolute Gasteiger partial charge is 0.419 e. The molecule has 1 aliphatic heterocycles. The number of unbranched alkanes of at least 4 members (excludes halogenated alkanes) is 5. The molecule has 11 heteroatoms. The summed E-state index contributed by atoms with van der Waals surface area (Å²) in [6.07, 6.45) is 0.165. The number of nitrogens with zero attached hydrogens (tertiary/aromatic N) is 3. The van der Waals surface area contributed by atoms with Crippen molar-refractivity contribution in [3.63, 3.8) is 0 Å². The molecule has 2 heterocycles. The topological polar surface area (TPSA) is 101 Å². The average Bonchev–Trinajstić information content (AvgIpc) is 3.39. The Morgan fingerprint density at radius 2 is 1.97 bits per heavy atom. The lowest BCUT2D eigenvalue weighted by molar-refractivity contribution is -0.138. The van der Waals surface area contributed by atoms with Crippen molar-refractivity contribution < 1.29 is 26.8 Å². The van der Waals surface area contributed by atoms with E-state index in [9.17, 15) is 17.6 Å². The maximum atomic E-state index is 13.8. The Morgan fingerprint density at radius 3 is 2.67 bits per heavy atom. The third-order valence-corrected chi connectivity index (χ3v) is 5.58. The van der Waals surface area contributed by atoms with Gasteiger partial charge in [-0.15, -0.1) is 0 Å². The molecule has 3 rings (SSSR count). The Balaban J connectivity index is 1.72. The van der Waals surface area contributed by atoms with Crippen LogP contribution in [0.4, 0.5) is 17.6 Å². The minimum absolute atomic E-state index is 0.000235. The zero-order valence-corrected chi connectivity index (χ0v) is 18.5. The number of benzene rings is 1. The molecule has 1 aromatic heterocycles. The van der Waals surface area contributed by atoms with Gasteiger partial charge in [0.25, 0.3) is 0 Å². The fourth-order valence-corrected chi connectivity index (χ4v) is 3.85. The molecular formula is C22H29F4N5O2. The van der Waals surface area contributed by atoms with Gasteiger partial charge in [-0.3, -0.25) is 5.41 Å². The van der Waals surface area contributed by atoms with Crippen molar-refractivity contribution in [3.05, 3.63) is 29.7 Å². The predicted octanol–water partition coefficient (Wildman–Crippen LogP) is 5.47. The highest BCUT2D eigenvalue weighted by Gasteiger charge is 2.38. The van der Waals surface area contributed by atoms with Crippen molar-refractivity contribution >= 4 is 5.96 Å². The minimum atomic E-state index is -4.63. The number of halogens is 4. The number of nitrogens with one attached hydrogen (secondary N) is 1. The van der Waals surface area contributed by atoms with Crippen LogP contribution in [0.25, 0.3) is 11.4 Å². The summed E-state index contributed by atoms with van der Waals surface area (Å²) in [6, 6.07) is 2.86. The molecular weight excluding hydrogens is 442 g/mol. The molecule has 0 bridgehead atoms. The molecule has 0 radical (unpaired) electrons. The lowest BCUT2D eigenvalue weighted by atomic mass is 10.1. The fraction of sp³-hybridized carbons (Fsp3) is 0.591. The van der Waals surface area contributed by atoms with Crippen molar-refractivity contribution in [2.45, 2.75) is 70.3 Å². The number of hydrogen-bond donors (Lipinski definition) is 2. The molecule has 1 saturated heterocycles. The molecule has 0 amide bonds. The van der Waals surface area contributed by atoms with Crippen molar-refractivity contribution in [1.82, 2.24) is 15.0 Å². The number of likely N-dealkylation sites (tertiary alicyclic amines) is 1. The van der Waals surface area contributed by atoms with Gasteiger partial charge in [-0.25, -0.2) is 4.39 Å². The number of guanidine groups is 1. The van der Waals surface area contributed by atoms with E-state index in [1.807, 2.05) is 0 Å². The van der Waals surface area contributed by atoms with Gasteiger partial charge >= 0.3 is 6.18 Å². The normalized spacial score (nSPS) is 18.6. The monoisotopic (exact) mass is 471 g/mol. The van der Waals surface area contributed by atoms with Crippen molar-refractivity contribution in [2.24, 2.45) is 5.73 Å². The summed E-state index contributed by atoms with van der Waals surface area (Å²) in [7, 11) is 0. The van der Waals surface area contributed by atoms with E-state index in [1.54, 1.807) is 0 Å². The first kappa shape index (κ1) is 24.8. The minimum Gasteiger partial charge on any atom is -0.493 e. The molecule has 3 N–H and O–H groups in total. The molecule has 1 aromatic carbocycles. The van der Waals surface area contributed by atoms with Gasteiger partial charge in [-0.05, 0) is 24.6 Å². The lowest BCUT2D eigenvalue weighted by Gasteiger charge is -2.20. The van der Waals surface area contributed by atoms with Crippen LogP contribution >= 0.6 is 0 Å². The second-order valence-electron chi connectivity index (χ2n) is 8.17. The molecule has 7 nitrogen and oxygen atoms in total. The molecule has 0 saturated carbocycles. The van der Waals surface area contributed by atoms with Crippen LogP contribution in [0.2, 0.25) is 0 Å². The Bertz CT molecular complexity index is 934.